The molecule has 106 valence electrons. The van der Waals surface area contributed by atoms with E-state index >= 15 is 0 Å². The minimum absolute atomic E-state index is 0.199. The van der Waals surface area contributed by atoms with Crippen LogP contribution >= 0.6 is 23.4 Å². The van der Waals surface area contributed by atoms with Crippen LogP contribution in [0.5, 0.6) is 0 Å². The molecule has 7 heteroatoms. The Morgan fingerprint density at radius 3 is 2.40 bits per heavy atom. The molecule has 1 N–H and O–H groups in total. The van der Waals surface area contributed by atoms with Crippen LogP contribution in [-0.4, -0.2) is 22.0 Å². The van der Waals surface area contributed by atoms with Gasteiger partial charge in [0, 0.05) is 18.9 Å². The van der Waals surface area contributed by atoms with Crippen molar-refractivity contribution in [3.8, 4) is 0 Å². The van der Waals surface area contributed by atoms with Gasteiger partial charge < -0.3 is 5.32 Å². The summed E-state index contributed by atoms with van der Waals surface area (Å²) in [6, 6.07) is 7.21. The van der Waals surface area contributed by atoms with E-state index < -0.39 is 4.87 Å². The second-order valence-corrected chi connectivity index (χ2v) is 6.33. The third kappa shape index (κ3) is 2.81. The number of rotatable bonds is 1. The molecule has 0 spiro atoms. The minimum Gasteiger partial charge on any atom is -0.304 e. The Hall–Kier alpha value is -1.53. The van der Waals surface area contributed by atoms with Gasteiger partial charge in [0.2, 0.25) is 11.8 Å². The highest BCUT2D eigenvalue weighted by Gasteiger charge is 2.43. The van der Waals surface area contributed by atoms with Crippen LogP contribution in [0.15, 0.2) is 29.4 Å². The first-order chi connectivity index (χ1) is 9.33. The third-order valence-electron chi connectivity index (χ3n) is 2.85. The number of halogens is 1. The van der Waals surface area contributed by atoms with Gasteiger partial charge >= 0.3 is 0 Å². The quantitative estimate of drug-likeness (QED) is 0.867. The number of carbonyl (C=O) groups is 2. The molecule has 1 aromatic rings. The molecular formula is C13H14ClN3O2S. The average molecular weight is 312 g/mol. The number of amides is 2. The molecular weight excluding hydrogens is 298 g/mol. The van der Waals surface area contributed by atoms with Crippen molar-refractivity contribution in [1.82, 2.24) is 10.3 Å². The first kappa shape index (κ1) is 14.9. The second-order valence-electron chi connectivity index (χ2n) is 4.51. The topological polar surface area (TPSA) is 61.8 Å². The molecule has 1 aliphatic heterocycles. The molecule has 0 saturated heterocycles. The number of nitrogens with one attached hydrogen (secondary N) is 1. The average Bonchev–Trinajstić information content (AvgIpc) is 2.67. The van der Waals surface area contributed by atoms with E-state index in [0.29, 0.717) is 10.2 Å². The number of hydrogen-bond donors (Lipinski definition) is 1. The fourth-order valence-electron chi connectivity index (χ4n) is 1.95. The predicted octanol–water partition coefficient (Wildman–Crippen LogP) is 2.52. The maximum absolute atomic E-state index is 11.8. The molecule has 0 saturated carbocycles. The number of hydrazone groups is 1. The monoisotopic (exact) mass is 311 g/mol. The normalized spacial score (nSPS) is 21.6. The number of amidine groups is 1. The highest BCUT2D eigenvalue weighted by molar-refractivity contribution is 8.14. The van der Waals surface area contributed by atoms with Crippen molar-refractivity contribution in [3.63, 3.8) is 0 Å². The van der Waals surface area contributed by atoms with Gasteiger partial charge in [0.15, 0.2) is 5.17 Å². The summed E-state index contributed by atoms with van der Waals surface area (Å²) in [5.74, 6) is -0.421. The number of carbonyl (C=O) groups excluding carboxylic acids is 2. The summed E-state index contributed by atoms with van der Waals surface area (Å²) in [6.07, 6.45) is 0. The zero-order valence-corrected chi connectivity index (χ0v) is 12.9. The van der Waals surface area contributed by atoms with Crippen LogP contribution in [0.2, 0.25) is 5.02 Å². The lowest BCUT2D eigenvalue weighted by Gasteiger charge is -2.31. The van der Waals surface area contributed by atoms with Gasteiger partial charge in [-0.05, 0) is 24.6 Å². The lowest BCUT2D eigenvalue weighted by Crippen LogP contribution is -2.37. The fraction of sp³-hybridized carbons (Fsp3) is 0.308. The Balaban J connectivity index is 2.37. The van der Waals surface area contributed by atoms with Crippen molar-refractivity contribution in [3.05, 3.63) is 34.9 Å². The second kappa shape index (κ2) is 5.46. The Bertz CT molecular complexity index is 588. The molecule has 2 rings (SSSR count). The van der Waals surface area contributed by atoms with Crippen LogP contribution in [0.1, 0.15) is 26.3 Å². The Morgan fingerprint density at radius 2 is 1.90 bits per heavy atom. The van der Waals surface area contributed by atoms with Crippen molar-refractivity contribution in [2.24, 2.45) is 5.10 Å². The van der Waals surface area contributed by atoms with E-state index in [2.05, 4.69) is 10.4 Å². The molecule has 1 heterocycles. The zero-order chi connectivity index (χ0) is 14.9. The summed E-state index contributed by atoms with van der Waals surface area (Å²) in [4.78, 5) is 22.2. The van der Waals surface area contributed by atoms with Gasteiger partial charge in [-0.15, -0.1) is 5.10 Å². The molecule has 0 radical (unpaired) electrons. The standard InChI is InChI=1S/C13H14ClN3O2S/c1-8(18)15-12-16-17(9(2)19)13(3,20-12)10-4-6-11(14)7-5-10/h4-7H,1-3H3,(H,15,16,18). The van der Waals surface area contributed by atoms with Crippen molar-refractivity contribution in [1.29, 1.82) is 0 Å². The van der Waals surface area contributed by atoms with Crippen molar-refractivity contribution in [2.45, 2.75) is 25.6 Å². The Morgan fingerprint density at radius 1 is 1.30 bits per heavy atom. The van der Waals surface area contributed by atoms with E-state index in [9.17, 15) is 9.59 Å². The smallest absolute Gasteiger partial charge is 0.241 e. The van der Waals surface area contributed by atoms with Crippen LogP contribution < -0.4 is 5.32 Å². The summed E-state index contributed by atoms with van der Waals surface area (Å²) >= 11 is 7.20. The molecule has 5 nitrogen and oxygen atoms in total. The first-order valence-corrected chi connectivity index (χ1v) is 7.14. The first-order valence-electron chi connectivity index (χ1n) is 5.95. The van der Waals surface area contributed by atoms with Crippen LogP contribution in [0.4, 0.5) is 0 Å². The molecule has 0 fully saturated rings. The van der Waals surface area contributed by atoms with E-state index in [4.69, 9.17) is 11.6 Å². The summed E-state index contributed by atoms with van der Waals surface area (Å²) in [5, 5.41) is 9.19. The van der Waals surface area contributed by atoms with Gasteiger partial charge in [-0.1, -0.05) is 35.5 Å². The minimum atomic E-state index is -0.700. The highest BCUT2D eigenvalue weighted by Crippen LogP contribution is 2.45. The predicted molar refractivity (Wildman–Crippen MR) is 80.2 cm³/mol. The van der Waals surface area contributed by atoms with Gasteiger partial charge in [-0.2, -0.15) is 0 Å². The summed E-state index contributed by atoms with van der Waals surface area (Å²) in [7, 11) is 0. The number of nitrogens with zero attached hydrogens (tertiary/aromatic N) is 2. The number of benzene rings is 1. The largest absolute Gasteiger partial charge is 0.304 e. The lowest BCUT2D eigenvalue weighted by molar-refractivity contribution is -0.131. The van der Waals surface area contributed by atoms with Crippen molar-refractivity contribution in [2.75, 3.05) is 0 Å². The Labute approximate surface area is 126 Å². The van der Waals surface area contributed by atoms with E-state index in [1.54, 1.807) is 12.1 Å². The van der Waals surface area contributed by atoms with Gasteiger partial charge in [0.1, 0.15) is 4.87 Å². The molecule has 1 aromatic carbocycles. The molecule has 1 atom stereocenters. The molecule has 0 bridgehead atoms. The molecule has 2 amide bonds. The zero-order valence-electron chi connectivity index (χ0n) is 11.3. The highest BCUT2D eigenvalue weighted by atomic mass is 35.5. The van der Waals surface area contributed by atoms with E-state index in [1.807, 2.05) is 19.1 Å². The molecule has 1 unspecified atom stereocenters. The molecule has 20 heavy (non-hydrogen) atoms. The van der Waals surface area contributed by atoms with Gasteiger partial charge in [-0.3, -0.25) is 9.59 Å². The third-order valence-corrected chi connectivity index (χ3v) is 4.29. The summed E-state index contributed by atoms with van der Waals surface area (Å²) < 4.78 is 0. The van der Waals surface area contributed by atoms with Crippen molar-refractivity contribution < 1.29 is 9.59 Å². The van der Waals surface area contributed by atoms with Crippen LogP contribution in [-0.2, 0) is 14.5 Å². The van der Waals surface area contributed by atoms with Gasteiger partial charge in [-0.25, -0.2) is 5.01 Å². The van der Waals surface area contributed by atoms with Crippen molar-refractivity contribution >= 4 is 40.3 Å². The lowest BCUT2D eigenvalue weighted by atomic mass is 10.1. The number of thioether (sulfide) groups is 1. The summed E-state index contributed by atoms with van der Waals surface area (Å²) in [6.45, 7) is 4.72. The van der Waals surface area contributed by atoms with Gasteiger partial charge in [0.05, 0.1) is 0 Å². The SMILES string of the molecule is CC(=O)NC1=NN(C(C)=O)C(C)(c2ccc(Cl)cc2)S1. The Kier molecular flexibility index (Phi) is 4.06. The van der Waals surface area contributed by atoms with Crippen LogP contribution in [0, 0.1) is 0 Å². The van der Waals surface area contributed by atoms with E-state index in [1.165, 1.54) is 30.6 Å². The summed E-state index contributed by atoms with van der Waals surface area (Å²) in [5.41, 5.74) is 0.881. The van der Waals surface area contributed by atoms with E-state index in [-0.39, 0.29) is 11.8 Å². The van der Waals surface area contributed by atoms with Crippen LogP contribution in [0.3, 0.4) is 0 Å². The number of hydrogen-bond acceptors (Lipinski definition) is 4. The van der Waals surface area contributed by atoms with Gasteiger partial charge in [0.25, 0.3) is 0 Å². The molecule has 0 aromatic heterocycles. The molecule has 0 aliphatic carbocycles. The van der Waals surface area contributed by atoms with E-state index in [0.717, 1.165) is 5.56 Å². The fourth-order valence-corrected chi connectivity index (χ4v) is 3.28. The molecule has 1 aliphatic rings. The maximum atomic E-state index is 11.8. The van der Waals surface area contributed by atoms with Crippen LogP contribution in [0.25, 0.3) is 0 Å². The maximum Gasteiger partial charge on any atom is 0.241 e.